The topological polar surface area (TPSA) is 12.9 Å². The van der Waals surface area contributed by atoms with Crippen LogP contribution in [-0.2, 0) is 16.2 Å². The third kappa shape index (κ3) is 3.35. The lowest BCUT2D eigenvalue weighted by molar-refractivity contribution is 0.331. The lowest BCUT2D eigenvalue weighted by Crippen LogP contribution is -2.34. The summed E-state index contributed by atoms with van der Waals surface area (Å²) >= 11 is 0. The first kappa shape index (κ1) is 20.1. The van der Waals surface area contributed by atoms with E-state index in [2.05, 4.69) is 65.8 Å². The molecule has 1 nitrogen and oxygen atoms in total. The lowest BCUT2D eigenvalue weighted by Gasteiger charge is -2.43. The maximum Gasteiger partial charge on any atom is 0.0509 e. The molecule has 0 bridgehead atoms. The zero-order valence-corrected chi connectivity index (χ0v) is 18.7. The van der Waals surface area contributed by atoms with Gasteiger partial charge in [0.1, 0.15) is 0 Å². The Labute approximate surface area is 166 Å². The van der Waals surface area contributed by atoms with Crippen molar-refractivity contribution in [2.24, 2.45) is 0 Å². The second kappa shape index (κ2) is 6.76. The van der Waals surface area contributed by atoms with Gasteiger partial charge >= 0.3 is 0 Å². The predicted octanol–water partition coefficient (Wildman–Crippen LogP) is 7.15. The predicted molar refractivity (Wildman–Crippen MR) is 117 cm³/mol. The first-order valence-corrected chi connectivity index (χ1v) is 10.8. The van der Waals surface area contributed by atoms with Crippen molar-refractivity contribution in [1.29, 1.82) is 0 Å². The normalized spacial score (nSPS) is 20.9. The van der Waals surface area contributed by atoms with Crippen LogP contribution < -0.4 is 0 Å². The molecule has 0 saturated heterocycles. The summed E-state index contributed by atoms with van der Waals surface area (Å²) in [5, 5.41) is 0. The van der Waals surface area contributed by atoms with Crippen LogP contribution in [0.5, 0.6) is 0 Å². The van der Waals surface area contributed by atoms with Gasteiger partial charge in [-0.25, -0.2) is 0 Å². The van der Waals surface area contributed by atoms with Crippen molar-refractivity contribution < 1.29 is 0 Å². The Bertz CT molecular complexity index is 820. The monoisotopic (exact) mass is 363 g/mol. The number of aromatic nitrogens is 1. The number of rotatable bonds is 2. The summed E-state index contributed by atoms with van der Waals surface area (Å²) in [6.45, 7) is 18.1. The average molecular weight is 364 g/mol. The molecule has 2 aromatic rings. The van der Waals surface area contributed by atoms with Gasteiger partial charge in [0.05, 0.1) is 5.69 Å². The van der Waals surface area contributed by atoms with Gasteiger partial charge in [-0.05, 0) is 84.2 Å². The molecular formula is C26H37N. The molecule has 0 unspecified atom stereocenters. The van der Waals surface area contributed by atoms with Crippen LogP contribution in [0.1, 0.15) is 101 Å². The zero-order valence-electron chi connectivity index (χ0n) is 18.7. The van der Waals surface area contributed by atoms with E-state index in [1.807, 2.05) is 20.0 Å². The van der Waals surface area contributed by atoms with Crippen molar-refractivity contribution in [3.63, 3.8) is 0 Å². The number of benzene rings is 1. The van der Waals surface area contributed by atoms with Gasteiger partial charge in [-0.15, -0.1) is 0 Å². The minimum Gasteiger partial charge on any atom is -0.260 e. The summed E-state index contributed by atoms with van der Waals surface area (Å²) in [6.07, 6.45) is 7.02. The summed E-state index contributed by atoms with van der Waals surface area (Å²) in [6, 6.07) is 9.51. The lowest BCUT2D eigenvalue weighted by atomic mass is 9.62. The third-order valence-electron chi connectivity index (χ3n) is 6.87. The molecule has 4 rings (SSSR count). The van der Waals surface area contributed by atoms with E-state index in [9.17, 15) is 0 Å². The first-order chi connectivity index (χ1) is 12.7. The van der Waals surface area contributed by atoms with E-state index in [0.29, 0.717) is 0 Å². The van der Waals surface area contributed by atoms with E-state index >= 15 is 0 Å². The molecule has 0 spiro atoms. The number of hydrogen-bond donors (Lipinski definition) is 0. The quantitative estimate of drug-likeness (QED) is 0.552. The molecule has 0 atom stereocenters. The summed E-state index contributed by atoms with van der Waals surface area (Å²) in [4.78, 5) is 4.81. The molecule has 0 amide bonds. The van der Waals surface area contributed by atoms with Gasteiger partial charge in [-0.3, -0.25) is 4.98 Å². The van der Waals surface area contributed by atoms with Crippen LogP contribution in [0.25, 0.3) is 0 Å². The second-order valence-electron chi connectivity index (χ2n) is 9.78. The van der Waals surface area contributed by atoms with Gasteiger partial charge in [0, 0.05) is 11.6 Å². The standard InChI is InChI=1S/C24H31N.C2H6/c1-16-7-8-21(25-15-16)24(11-12-24)18-14-20-19(13-17(18)2)22(3,4)9-10-23(20,5)6;1-2/h7-8,13-15H,9-12H2,1-6H3;1-2H3. The smallest absolute Gasteiger partial charge is 0.0509 e. The zero-order chi connectivity index (χ0) is 20.0. The fourth-order valence-electron chi connectivity index (χ4n) is 4.78. The van der Waals surface area contributed by atoms with Crippen molar-refractivity contribution in [3.8, 4) is 0 Å². The second-order valence-corrected chi connectivity index (χ2v) is 9.78. The highest BCUT2D eigenvalue weighted by Gasteiger charge is 2.49. The first-order valence-electron chi connectivity index (χ1n) is 10.8. The van der Waals surface area contributed by atoms with E-state index in [1.54, 1.807) is 11.1 Å². The minimum absolute atomic E-state index is 0.157. The SMILES string of the molecule is CC.Cc1ccc(C2(c3cc4c(cc3C)C(C)(C)CCC4(C)C)CC2)nc1. The molecule has 0 aliphatic heterocycles. The average Bonchev–Trinajstić information content (AvgIpc) is 3.43. The fraction of sp³-hybridized carbons (Fsp3) is 0.577. The minimum atomic E-state index is 0.157. The number of aryl methyl sites for hydroxylation is 2. The van der Waals surface area contributed by atoms with Crippen molar-refractivity contribution in [2.45, 2.75) is 97.3 Å². The molecule has 146 valence electrons. The Balaban J connectivity index is 0.00000102. The van der Waals surface area contributed by atoms with Crippen LogP contribution >= 0.6 is 0 Å². The Kier molecular flexibility index (Phi) is 5.04. The molecule has 2 aliphatic carbocycles. The molecule has 1 fully saturated rings. The van der Waals surface area contributed by atoms with E-state index < -0.39 is 0 Å². The van der Waals surface area contributed by atoms with Crippen LogP contribution in [0.4, 0.5) is 0 Å². The van der Waals surface area contributed by atoms with Gasteiger partial charge in [0.25, 0.3) is 0 Å². The maximum atomic E-state index is 4.81. The highest BCUT2D eigenvalue weighted by molar-refractivity contribution is 5.53. The molecule has 1 heterocycles. The molecule has 27 heavy (non-hydrogen) atoms. The van der Waals surface area contributed by atoms with Gasteiger partial charge in [0.15, 0.2) is 0 Å². The fourth-order valence-corrected chi connectivity index (χ4v) is 4.78. The highest BCUT2D eigenvalue weighted by atomic mass is 14.7. The van der Waals surface area contributed by atoms with E-state index in [1.165, 1.54) is 48.1 Å². The molecular weight excluding hydrogens is 326 g/mol. The van der Waals surface area contributed by atoms with E-state index in [0.717, 1.165) is 0 Å². The van der Waals surface area contributed by atoms with Crippen LogP contribution in [0.15, 0.2) is 30.5 Å². The Morgan fingerprint density at radius 3 is 1.78 bits per heavy atom. The molecule has 0 N–H and O–H groups in total. The molecule has 2 aliphatic rings. The highest BCUT2D eigenvalue weighted by Crippen LogP contribution is 2.56. The van der Waals surface area contributed by atoms with Crippen molar-refractivity contribution in [3.05, 3.63) is 64.0 Å². The number of nitrogens with zero attached hydrogens (tertiary/aromatic N) is 1. The summed E-state index contributed by atoms with van der Waals surface area (Å²) in [5.41, 5.74) is 9.32. The van der Waals surface area contributed by atoms with Crippen LogP contribution in [0.3, 0.4) is 0 Å². The van der Waals surface area contributed by atoms with Crippen LogP contribution in [0, 0.1) is 13.8 Å². The number of hydrogen-bond acceptors (Lipinski definition) is 1. The Hall–Kier alpha value is -1.63. The van der Waals surface area contributed by atoms with Gasteiger partial charge in [-0.2, -0.15) is 0 Å². The molecule has 1 aromatic heterocycles. The van der Waals surface area contributed by atoms with E-state index in [4.69, 9.17) is 4.98 Å². The van der Waals surface area contributed by atoms with Gasteiger partial charge in [0.2, 0.25) is 0 Å². The molecule has 1 aromatic carbocycles. The summed E-state index contributed by atoms with van der Waals surface area (Å²) in [5.74, 6) is 0. The Morgan fingerprint density at radius 2 is 1.30 bits per heavy atom. The number of fused-ring (bicyclic) bond motifs is 1. The summed E-state index contributed by atoms with van der Waals surface area (Å²) < 4.78 is 0. The van der Waals surface area contributed by atoms with Crippen LogP contribution in [0.2, 0.25) is 0 Å². The van der Waals surface area contributed by atoms with Crippen molar-refractivity contribution >= 4 is 0 Å². The molecule has 0 radical (unpaired) electrons. The summed E-state index contributed by atoms with van der Waals surface area (Å²) in [7, 11) is 0. The largest absolute Gasteiger partial charge is 0.260 e. The maximum absolute atomic E-state index is 4.81. The van der Waals surface area contributed by atoms with Gasteiger partial charge < -0.3 is 0 Å². The Morgan fingerprint density at radius 1 is 0.741 bits per heavy atom. The molecule has 1 saturated carbocycles. The van der Waals surface area contributed by atoms with Crippen LogP contribution in [-0.4, -0.2) is 4.98 Å². The number of pyridine rings is 1. The van der Waals surface area contributed by atoms with Gasteiger partial charge in [-0.1, -0.05) is 59.7 Å². The van der Waals surface area contributed by atoms with E-state index in [-0.39, 0.29) is 16.2 Å². The third-order valence-corrected chi connectivity index (χ3v) is 6.87. The molecule has 1 heteroatoms. The van der Waals surface area contributed by atoms with Crippen molar-refractivity contribution in [1.82, 2.24) is 4.98 Å². The van der Waals surface area contributed by atoms with Crippen molar-refractivity contribution in [2.75, 3.05) is 0 Å².